The molecule has 0 aliphatic heterocycles. The minimum atomic E-state index is 0.0175. The summed E-state index contributed by atoms with van der Waals surface area (Å²) < 4.78 is 0. The van der Waals surface area contributed by atoms with E-state index in [2.05, 4.69) is 63.6 Å². The van der Waals surface area contributed by atoms with Crippen molar-refractivity contribution < 1.29 is 0 Å². The maximum absolute atomic E-state index is 4.57. The van der Waals surface area contributed by atoms with Gasteiger partial charge in [0.05, 0.1) is 11.2 Å². The van der Waals surface area contributed by atoms with Crippen LogP contribution in [0.5, 0.6) is 0 Å². The van der Waals surface area contributed by atoms with Crippen molar-refractivity contribution in [2.75, 3.05) is 0 Å². The Morgan fingerprint density at radius 3 is 2.12 bits per heavy atom. The highest BCUT2D eigenvalue weighted by molar-refractivity contribution is 5.15. The molecule has 1 aromatic heterocycles. The zero-order valence-electron chi connectivity index (χ0n) is 12.1. The van der Waals surface area contributed by atoms with Gasteiger partial charge in [-0.25, -0.2) is 0 Å². The Labute approximate surface area is 106 Å². The Morgan fingerprint density at radius 1 is 1.18 bits per heavy atom. The first-order valence-electron chi connectivity index (χ1n) is 6.63. The van der Waals surface area contributed by atoms with Crippen molar-refractivity contribution in [2.24, 2.45) is 0 Å². The zero-order valence-corrected chi connectivity index (χ0v) is 12.1. The first-order chi connectivity index (χ1) is 7.93. The molecule has 0 spiro atoms. The Hall–Kier alpha value is -0.890. The van der Waals surface area contributed by atoms with Gasteiger partial charge in [-0.1, -0.05) is 13.0 Å². The maximum Gasteiger partial charge on any atom is 0.0606 e. The van der Waals surface area contributed by atoms with Gasteiger partial charge in [0.2, 0.25) is 0 Å². The fourth-order valence-corrected chi connectivity index (χ4v) is 2.91. The lowest BCUT2D eigenvalue weighted by atomic mass is 9.89. The van der Waals surface area contributed by atoms with Gasteiger partial charge in [0.15, 0.2) is 0 Å². The second-order valence-electron chi connectivity index (χ2n) is 5.44. The minimum absolute atomic E-state index is 0.0175. The van der Waals surface area contributed by atoms with Crippen LogP contribution in [0, 0.1) is 0 Å². The summed E-state index contributed by atoms with van der Waals surface area (Å²) in [6.45, 7) is 13.6. The van der Waals surface area contributed by atoms with Gasteiger partial charge >= 0.3 is 0 Å². The highest BCUT2D eigenvalue weighted by Crippen LogP contribution is 2.33. The number of aromatic nitrogens is 1. The second-order valence-corrected chi connectivity index (χ2v) is 5.44. The number of hydrogen-bond donors (Lipinski definition) is 0. The van der Waals surface area contributed by atoms with Crippen LogP contribution in [0.3, 0.4) is 0 Å². The number of pyridine rings is 1. The Balaban J connectivity index is 3.18. The summed E-state index contributed by atoms with van der Waals surface area (Å²) in [4.78, 5) is 7.12. The largest absolute Gasteiger partial charge is 0.288 e. The van der Waals surface area contributed by atoms with Gasteiger partial charge in [-0.15, -0.1) is 0 Å². The van der Waals surface area contributed by atoms with E-state index in [1.165, 1.54) is 5.69 Å². The molecule has 1 heterocycles. The molecule has 0 aliphatic carbocycles. The highest BCUT2D eigenvalue weighted by atomic mass is 15.2. The van der Waals surface area contributed by atoms with Gasteiger partial charge in [0, 0.05) is 18.3 Å². The molecule has 1 aromatic rings. The SMILES string of the molecule is CCC(C)(c1ccccn1)N(C(C)C)C(C)C. The van der Waals surface area contributed by atoms with Crippen LogP contribution < -0.4 is 0 Å². The van der Waals surface area contributed by atoms with Gasteiger partial charge in [-0.2, -0.15) is 0 Å². The highest BCUT2D eigenvalue weighted by Gasteiger charge is 2.36. The number of nitrogens with zero attached hydrogens (tertiary/aromatic N) is 2. The summed E-state index contributed by atoms with van der Waals surface area (Å²) in [5, 5.41) is 0. The summed E-state index contributed by atoms with van der Waals surface area (Å²) in [6, 6.07) is 7.23. The van der Waals surface area contributed by atoms with Crippen LogP contribution in [0.25, 0.3) is 0 Å². The average molecular weight is 234 g/mol. The van der Waals surface area contributed by atoms with Crippen LogP contribution in [0.15, 0.2) is 24.4 Å². The minimum Gasteiger partial charge on any atom is -0.288 e. The van der Waals surface area contributed by atoms with E-state index in [1.807, 2.05) is 12.3 Å². The summed E-state index contributed by atoms with van der Waals surface area (Å²) in [7, 11) is 0. The molecule has 0 fully saturated rings. The lowest BCUT2D eigenvalue weighted by molar-refractivity contribution is 0.0285. The number of rotatable bonds is 5. The Morgan fingerprint density at radius 2 is 1.76 bits per heavy atom. The molecule has 0 amide bonds. The molecular formula is C15H26N2. The molecule has 96 valence electrons. The average Bonchev–Trinajstić information content (AvgIpc) is 2.29. The predicted octanol–water partition coefficient (Wildman–Crippen LogP) is 3.83. The molecule has 0 aliphatic rings. The van der Waals surface area contributed by atoms with Gasteiger partial charge < -0.3 is 0 Å². The molecule has 17 heavy (non-hydrogen) atoms. The maximum atomic E-state index is 4.57. The summed E-state index contributed by atoms with van der Waals surface area (Å²) in [6.07, 6.45) is 2.96. The molecule has 1 unspecified atom stereocenters. The molecule has 2 nitrogen and oxygen atoms in total. The van der Waals surface area contributed by atoms with Crippen LogP contribution in [0.2, 0.25) is 0 Å². The van der Waals surface area contributed by atoms with Crippen LogP contribution >= 0.6 is 0 Å². The fraction of sp³-hybridized carbons (Fsp3) is 0.667. The molecule has 0 radical (unpaired) electrons. The van der Waals surface area contributed by atoms with Crippen molar-refractivity contribution in [1.29, 1.82) is 0 Å². The second kappa shape index (κ2) is 5.63. The first-order valence-corrected chi connectivity index (χ1v) is 6.63. The van der Waals surface area contributed by atoms with Gasteiger partial charge in [-0.3, -0.25) is 9.88 Å². The quantitative estimate of drug-likeness (QED) is 0.770. The smallest absolute Gasteiger partial charge is 0.0606 e. The summed E-state index contributed by atoms with van der Waals surface area (Å²) >= 11 is 0. The number of hydrogen-bond acceptors (Lipinski definition) is 2. The van der Waals surface area contributed by atoms with Crippen molar-refractivity contribution in [3.63, 3.8) is 0 Å². The van der Waals surface area contributed by atoms with E-state index in [9.17, 15) is 0 Å². The van der Waals surface area contributed by atoms with Crippen LogP contribution in [-0.2, 0) is 5.54 Å². The van der Waals surface area contributed by atoms with Crippen LogP contribution in [0.4, 0.5) is 0 Å². The van der Waals surface area contributed by atoms with Crippen molar-refractivity contribution in [3.05, 3.63) is 30.1 Å². The van der Waals surface area contributed by atoms with Gasteiger partial charge in [0.25, 0.3) is 0 Å². The van der Waals surface area contributed by atoms with E-state index >= 15 is 0 Å². The van der Waals surface area contributed by atoms with Crippen molar-refractivity contribution in [3.8, 4) is 0 Å². The summed E-state index contributed by atoms with van der Waals surface area (Å²) in [5.74, 6) is 0. The third-order valence-electron chi connectivity index (χ3n) is 3.59. The first kappa shape index (κ1) is 14.2. The van der Waals surface area contributed by atoms with Crippen molar-refractivity contribution >= 4 is 0 Å². The fourth-order valence-electron chi connectivity index (χ4n) is 2.91. The van der Waals surface area contributed by atoms with Crippen LogP contribution in [-0.4, -0.2) is 22.0 Å². The molecule has 0 aromatic carbocycles. The molecule has 1 rings (SSSR count). The van der Waals surface area contributed by atoms with E-state index in [4.69, 9.17) is 0 Å². The van der Waals surface area contributed by atoms with E-state index in [1.54, 1.807) is 0 Å². The van der Waals surface area contributed by atoms with E-state index in [-0.39, 0.29) is 5.54 Å². The topological polar surface area (TPSA) is 16.1 Å². The van der Waals surface area contributed by atoms with Crippen molar-refractivity contribution in [1.82, 2.24) is 9.88 Å². The normalized spacial score (nSPS) is 15.6. The van der Waals surface area contributed by atoms with Gasteiger partial charge in [0.1, 0.15) is 0 Å². The Kier molecular flexibility index (Phi) is 4.70. The predicted molar refractivity (Wildman–Crippen MR) is 74.0 cm³/mol. The van der Waals surface area contributed by atoms with E-state index in [0.717, 1.165) is 6.42 Å². The summed E-state index contributed by atoms with van der Waals surface area (Å²) in [5.41, 5.74) is 1.19. The molecule has 0 bridgehead atoms. The standard InChI is InChI=1S/C15H26N2/c1-7-15(6,14-10-8-9-11-16-14)17(12(2)3)13(4)5/h8-13H,7H2,1-6H3. The van der Waals surface area contributed by atoms with E-state index in [0.29, 0.717) is 12.1 Å². The lowest BCUT2D eigenvalue weighted by Crippen LogP contribution is -2.51. The molecule has 0 saturated heterocycles. The molecule has 0 N–H and O–H groups in total. The molecule has 1 atom stereocenters. The molecule has 0 saturated carbocycles. The van der Waals surface area contributed by atoms with Crippen LogP contribution in [0.1, 0.15) is 53.7 Å². The monoisotopic (exact) mass is 234 g/mol. The lowest BCUT2D eigenvalue weighted by Gasteiger charge is -2.46. The molecular weight excluding hydrogens is 208 g/mol. The van der Waals surface area contributed by atoms with Gasteiger partial charge in [-0.05, 0) is 53.2 Å². The molecule has 2 heteroatoms. The Bertz CT molecular complexity index is 324. The third kappa shape index (κ3) is 2.86. The third-order valence-corrected chi connectivity index (χ3v) is 3.59. The van der Waals surface area contributed by atoms with E-state index < -0.39 is 0 Å². The van der Waals surface area contributed by atoms with Crippen molar-refractivity contribution in [2.45, 2.75) is 65.6 Å². The zero-order chi connectivity index (χ0) is 13.1.